The van der Waals surface area contributed by atoms with Gasteiger partial charge in [-0.1, -0.05) is 11.3 Å². The zero-order valence-corrected chi connectivity index (χ0v) is 10.8. The standard InChI is InChI=1S/C13H15N3O3/c1-8-13(2,6-7-19-8)16-11-9(12(17)18)4-3-5-10(11)14-15-16/h3-5,8H,6-7H2,1-2H3,(H,17,18). The molecule has 0 radical (unpaired) electrons. The smallest absolute Gasteiger partial charge is 0.337 e. The highest BCUT2D eigenvalue weighted by Gasteiger charge is 2.41. The van der Waals surface area contributed by atoms with Crippen molar-refractivity contribution in [1.82, 2.24) is 15.0 Å². The van der Waals surface area contributed by atoms with Gasteiger partial charge < -0.3 is 9.84 Å². The van der Waals surface area contributed by atoms with Crippen molar-refractivity contribution in [2.45, 2.75) is 31.9 Å². The summed E-state index contributed by atoms with van der Waals surface area (Å²) in [5.41, 5.74) is 1.03. The number of hydrogen-bond donors (Lipinski definition) is 1. The molecule has 1 aliphatic heterocycles. The van der Waals surface area contributed by atoms with Gasteiger partial charge in [-0.2, -0.15) is 0 Å². The Kier molecular flexibility index (Phi) is 2.56. The Morgan fingerprint density at radius 1 is 1.58 bits per heavy atom. The Bertz CT molecular complexity index is 652. The molecule has 1 fully saturated rings. The number of carboxylic acid groups (broad SMARTS) is 1. The third-order valence-electron chi connectivity index (χ3n) is 4.03. The van der Waals surface area contributed by atoms with Gasteiger partial charge in [0.2, 0.25) is 0 Å². The molecule has 0 amide bonds. The Labute approximate surface area is 110 Å². The van der Waals surface area contributed by atoms with Crippen molar-refractivity contribution in [1.29, 1.82) is 0 Å². The van der Waals surface area contributed by atoms with E-state index < -0.39 is 5.97 Å². The van der Waals surface area contributed by atoms with E-state index in [0.717, 1.165) is 6.42 Å². The molecule has 6 nitrogen and oxygen atoms in total. The summed E-state index contributed by atoms with van der Waals surface area (Å²) in [5.74, 6) is -0.968. The molecule has 2 unspecified atom stereocenters. The second kappa shape index (κ2) is 4.03. The van der Waals surface area contributed by atoms with Gasteiger partial charge in [-0.25, -0.2) is 9.48 Å². The highest BCUT2D eigenvalue weighted by Crippen LogP contribution is 2.35. The number of aromatic carboxylic acids is 1. The molecule has 1 aliphatic rings. The SMILES string of the molecule is CC1OCCC1(C)n1nnc2cccc(C(=O)O)c21. The van der Waals surface area contributed by atoms with Crippen molar-refractivity contribution in [3.8, 4) is 0 Å². The largest absolute Gasteiger partial charge is 0.478 e. The highest BCUT2D eigenvalue weighted by atomic mass is 16.5. The molecule has 2 aromatic rings. The first-order valence-electron chi connectivity index (χ1n) is 6.24. The summed E-state index contributed by atoms with van der Waals surface area (Å²) in [6.07, 6.45) is 0.764. The minimum Gasteiger partial charge on any atom is -0.478 e. The second-order valence-electron chi connectivity index (χ2n) is 5.10. The molecule has 1 aromatic carbocycles. The van der Waals surface area contributed by atoms with Gasteiger partial charge in [0.1, 0.15) is 11.0 Å². The summed E-state index contributed by atoms with van der Waals surface area (Å²) in [4.78, 5) is 11.4. The Hall–Kier alpha value is -1.95. The minimum absolute atomic E-state index is 0.0285. The predicted octanol–water partition coefficient (Wildman–Crippen LogP) is 1.65. The predicted molar refractivity (Wildman–Crippen MR) is 68.2 cm³/mol. The maximum atomic E-state index is 11.4. The number of fused-ring (bicyclic) bond motifs is 1. The molecule has 2 heterocycles. The van der Waals surface area contributed by atoms with Gasteiger partial charge in [-0.3, -0.25) is 0 Å². The number of para-hydroxylation sites is 1. The average Bonchev–Trinajstić information content (AvgIpc) is 2.94. The molecule has 0 bridgehead atoms. The zero-order chi connectivity index (χ0) is 13.6. The minimum atomic E-state index is -0.968. The molecule has 1 aromatic heterocycles. The summed E-state index contributed by atoms with van der Waals surface area (Å²) in [6, 6.07) is 5.03. The third kappa shape index (κ3) is 1.63. The fraction of sp³-hybridized carbons (Fsp3) is 0.462. The number of carbonyl (C=O) groups is 1. The van der Waals surface area contributed by atoms with Gasteiger partial charge in [0, 0.05) is 6.61 Å². The van der Waals surface area contributed by atoms with Crippen LogP contribution in [-0.2, 0) is 10.3 Å². The van der Waals surface area contributed by atoms with Crippen molar-refractivity contribution in [3.05, 3.63) is 23.8 Å². The summed E-state index contributed by atoms with van der Waals surface area (Å²) in [5, 5.41) is 17.6. The van der Waals surface area contributed by atoms with E-state index in [0.29, 0.717) is 17.6 Å². The molecule has 0 aliphatic carbocycles. The first-order chi connectivity index (χ1) is 9.04. The highest BCUT2D eigenvalue weighted by molar-refractivity contribution is 6.00. The van der Waals surface area contributed by atoms with Gasteiger partial charge in [-0.15, -0.1) is 5.10 Å². The second-order valence-corrected chi connectivity index (χ2v) is 5.10. The summed E-state index contributed by atoms with van der Waals surface area (Å²) < 4.78 is 7.32. The van der Waals surface area contributed by atoms with E-state index >= 15 is 0 Å². The fourth-order valence-corrected chi connectivity index (χ4v) is 2.61. The Morgan fingerprint density at radius 2 is 2.37 bits per heavy atom. The molecule has 3 rings (SSSR count). The first-order valence-corrected chi connectivity index (χ1v) is 6.24. The summed E-state index contributed by atoms with van der Waals surface area (Å²) in [7, 11) is 0. The maximum absolute atomic E-state index is 11.4. The lowest BCUT2D eigenvalue weighted by molar-refractivity contribution is 0.0682. The van der Waals surface area contributed by atoms with Crippen molar-refractivity contribution in [2.75, 3.05) is 6.61 Å². The van der Waals surface area contributed by atoms with Crippen LogP contribution in [0.25, 0.3) is 11.0 Å². The monoisotopic (exact) mass is 261 g/mol. The lowest BCUT2D eigenvalue weighted by Crippen LogP contribution is -2.38. The molecular weight excluding hydrogens is 246 g/mol. The molecule has 19 heavy (non-hydrogen) atoms. The molecular formula is C13H15N3O3. The number of ether oxygens (including phenoxy) is 1. The quantitative estimate of drug-likeness (QED) is 0.889. The van der Waals surface area contributed by atoms with Crippen LogP contribution < -0.4 is 0 Å². The van der Waals surface area contributed by atoms with Gasteiger partial charge >= 0.3 is 5.97 Å². The van der Waals surface area contributed by atoms with Crippen LogP contribution in [0.4, 0.5) is 0 Å². The van der Waals surface area contributed by atoms with Crippen LogP contribution in [0.2, 0.25) is 0 Å². The van der Waals surface area contributed by atoms with Crippen LogP contribution >= 0.6 is 0 Å². The third-order valence-corrected chi connectivity index (χ3v) is 4.03. The topological polar surface area (TPSA) is 77.2 Å². The molecule has 100 valence electrons. The van der Waals surface area contributed by atoms with Gasteiger partial charge in [0.05, 0.1) is 17.2 Å². The molecule has 0 spiro atoms. The molecule has 1 N–H and O–H groups in total. The number of hydrogen-bond acceptors (Lipinski definition) is 4. The average molecular weight is 261 g/mol. The lowest BCUT2D eigenvalue weighted by atomic mass is 9.94. The van der Waals surface area contributed by atoms with Crippen LogP contribution in [0.15, 0.2) is 18.2 Å². The van der Waals surface area contributed by atoms with Crippen LogP contribution in [0.1, 0.15) is 30.6 Å². The summed E-state index contributed by atoms with van der Waals surface area (Å²) >= 11 is 0. The van der Waals surface area contributed by atoms with Gasteiger partial charge in [0.15, 0.2) is 0 Å². The number of nitrogens with zero attached hydrogens (tertiary/aromatic N) is 3. The van der Waals surface area contributed by atoms with E-state index in [1.807, 2.05) is 13.8 Å². The van der Waals surface area contributed by atoms with Crippen LogP contribution in [0.5, 0.6) is 0 Å². The van der Waals surface area contributed by atoms with E-state index in [-0.39, 0.29) is 17.2 Å². The van der Waals surface area contributed by atoms with Crippen molar-refractivity contribution in [3.63, 3.8) is 0 Å². The van der Waals surface area contributed by atoms with Gasteiger partial charge in [0.25, 0.3) is 0 Å². The maximum Gasteiger partial charge on any atom is 0.337 e. The Balaban J connectivity index is 2.28. The normalized spacial score (nSPS) is 26.9. The van der Waals surface area contributed by atoms with E-state index in [1.54, 1.807) is 22.9 Å². The number of carboxylic acids is 1. The fourth-order valence-electron chi connectivity index (χ4n) is 2.61. The number of rotatable bonds is 2. The molecule has 6 heteroatoms. The van der Waals surface area contributed by atoms with Crippen LogP contribution in [-0.4, -0.2) is 38.8 Å². The van der Waals surface area contributed by atoms with E-state index in [2.05, 4.69) is 10.3 Å². The molecule has 1 saturated heterocycles. The van der Waals surface area contributed by atoms with Crippen molar-refractivity contribution in [2.24, 2.45) is 0 Å². The number of benzene rings is 1. The van der Waals surface area contributed by atoms with Crippen molar-refractivity contribution >= 4 is 17.0 Å². The van der Waals surface area contributed by atoms with E-state index in [4.69, 9.17) is 4.74 Å². The van der Waals surface area contributed by atoms with Crippen molar-refractivity contribution < 1.29 is 14.6 Å². The van der Waals surface area contributed by atoms with Crippen LogP contribution in [0.3, 0.4) is 0 Å². The number of aromatic nitrogens is 3. The lowest BCUT2D eigenvalue weighted by Gasteiger charge is -2.28. The van der Waals surface area contributed by atoms with Gasteiger partial charge in [-0.05, 0) is 32.4 Å². The van der Waals surface area contributed by atoms with Crippen LogP contribution in [0, 0.1) is 0 Å². The zero-order valence-electron chi connectivity index (χ0n) is 10.8. The molecule has 2 atom stereocenters. The van der Waals surface area contributed by atoms with E-state index in [1.165, 1.54) is 0 Å². The molecule has 0 saturated carbocycles. The van der Waals surface area contributed by atoms with E-state index in [9.17, 15) is 9.90 Å². The summed E-state index contributed by atoms with van der Waals surface area (Å²) in [6.45, 7) is 4.65. The first kappa shape index (κ1) is 12.1. The Morgan fingerprint density at radius 3 is 3.00 bits per heavy atom.